The molecule has 1 aliphatic carbocycles. The summed E-state index contributed by atoms with van der Waals surface area (Å²) in [6.45, 7) is 0.610. The number of fused-ring (bicyclic) bond motifs is 1. The van der Waals surface area contributed by atoms with Gasteiger partial charge < -0.3 is 16.2 Å². The number of rotatable bonds is 5. The summed E-state index contributed by atoms with van der Waals surface area (Å²) >= 11 is 0. The maximum atomic E-state index is 10.1. The maximum Gasteiger partial charge on any atom is 0.150 e. The van der Waals surface area contributed by atoms with Gasteiger partial charge >= 0.3 is 0 Å². The molecule has 0 aliphatic heterocycles. The third-order valence-electron chi connectivity index (χ3n) is 5.73. The summed E-state index contributed by atoms with van der Waals surface area (Å²) in [6.07, 6.45) is 8.03. The van der Waals surface area contributed by atoms with E-state index in [-0.39, 0.29) is 12.1 Å². The van der Waals surface area contributed by atoms with Crippen molar-refractivity contribution >= 4 is 22.4 Å². The molecular formula is C23H24N6O. The van der Waals surface area contributed by atoms with E-state index in [9.17, 15) is 5.11 Å². The van der Waals surface area contributed by atoms with Gasteiger partial charge in [0.25, 0.3) is 0 Å². The number of aliphatic hydroxyl groups excluding tert-OH is 1. The van der Waals surface area contributed by atoms with Gasteiger partial charge in [0.1, 0.15) is 5.82 Å². The lowest BCUT2D eigenvalue weighted by molar-refractivity contribution is 0.130. The molecule has 5 rings (SSSR count). The number of anilines is 2. The van der Waals surface area contributed by atoms with Crippen LogP contribution in [0.2, 0.25) is 0 Å². The van der Waals surface area contributed by atoms with Gasteiger partial charge in [0.05, 0.1) is 35.2 Å². The van der Waals surface area contributed by atoms with E-state index in [2.05, 4.69) is 33.6 Å². The van der Waals surface area contributed by atoms with Gasteiger partial charge in [-0.15, -0.1) is 0 Å². The zero-order chi connectivity index (χ0) is 20.5. The standard InChI is InChI=1S/C23H24N6O/c24-18-7-9-20(17-13-27-29(14-17)21-4-1-5-22(21)30)28-23(18)26-12-15-6-8-19-16(11-15)3-2-10-25-19/h2-3,6-11,13-14,21-22,30H,1,4-5,12,24H2,(H,26,28). The quantitative estimate of drug-likeness (QED) is 0.471. The number of hydrogen-bond acceptors (Lipinski definition) is 6. The van der Waals surface area contributed by atoms with Gasteiger partial charge in [0.2, 0.25) is 0 Å². The van der Waals surface area contributed by atoms with Crippen LogP contribution in [-0.4, -0.2) is 31.0 Å². The van der Waals surface area contributed by atoms with Crippen molar-refractivity contribution in [3.63, 3.8) is 0 Å². The van der Waals surface area contributed by atoms with E-state index in [1.807, 2.05) is 35.1 Å². The van der Waals surface area contributed by atoms with Gasteiger partial charge in [0, 0.05) is 29.9 Å². The number of nitrogens with one attached hydrogen (secondary N) is 1. The minimum atomic E-state index is -0.327. The van der Waals surface area contributed by atoms with Crippen LogP contribution in [0.4, 0.5) is 11.5 Å². The first-order chi connectivity index (χ1) is 14.7. The van der Waals surface area contributed by atoms with Crippen LogP contribution >= 0.6 is 0 Å². The molecule has 1 saturated carbocycles. The molecule has 0 amide bonds. The van der Waals surface area contributed by atoms with E-state index >= 15 is 0 Å². The highest BCUT2D eigenvalue weighted by atomic mass is 16.3. The first-order valence-electron chi connectivity index (χ1n) is 10.2. The lowest BCUT2D eigenvalue weighted by atomic mass is 10.1. The average Bonchev–Trinajstić information content (AvgIpc) is 3.42. The fourth-order valence-electron chi connectivity index (χ4n) is 4.07. The van der Waals surface area contributed by atoms with E-state index in [0.717, 1.165) is 47.0 Å². The van der Waals surface area contributed by atoms with Crippen molar-refractivity contribution in [1.82, 2.24) is 19.7 Å². The molecule has 0 bridgehead atoms. The summed E-state index contributed by atoms with van der Waals surface area (Å²) < 4.78 is 1.86. The number of nitrogens with zero attached hydrogens (tertiary/aromatic N) is 4. The van der Waals surface area contributed by atoms with Crippen molar-refractivity contribution in [3.05, 3.63) is 66.6 Å². The third-order valence-corrected chi connectivity index (χ3v) is 5.73. The van der Waals surface area contributed by atoms with Crippen molar-refractivity contribution in [2.24, 2.45) is 0 Å². The topological polar surface area (TPSA) is 102 Å². The molecule has 1 fully saturated rings. The van der Waals surface area contributed by atoms with E-state index in [0.29, 0.717) is 18.1 Å². The van der Waals surface area contributed by atoms with E-state index in [1.54, 1.807) is 12.4 Å². The molecule has 0 saturated heterocycles. The average molecular weight is 400 g/mol. The highest BCUT2D eigenvalue weighted by Crippen LogP contribution is 2.31. The summed E-state index contributed by atoms with van der Waals surface area (Å²) in [5, 5.41) is 19.1. The minimum absolute atomic E-state index is 0.0486. The number of pyridine rings is 2. The Bertz CT molecular complexity index is 1190. The van der Waals surface area contributed by atoms with Crippen molar-refractivity contribution in [2.75, 3.05) is 11.1 Å². The molecule has 3 aromatic heterocycles. The summed E-state index contributed by atoms with van der Waals surface area (Å²) in [4.78, 5) is 9.07. The van der Waals surface area contributed by atoms with Crippen LogP contribution in [0.3, 0.4) is 0 Å². The smallest absolute Gasteiger partial charge is 0.150 e. The number of aliphatic hydroxyl groups is 1. The van der Waals surface area contributed by atoms with Crippen LogP contribution in [0.25, 0.3) is 22.2 Å². The van der Waals surface area contributed by atoms with Crippen molar-refractivity contribution < 1.29 is 5.11 Å². The normalized spacial score (nSPS) is 18.7. The van der Waals surface area contributed by atoms with Gasteiger partial charge in [-0.2, -0.15) is 5.10 Å². The zero-order valence-electron chi connectivity index (χ0n) is 16.6. The Kier molecular flexibility index (Phi) is 4.80. The Morgan fingerprint density at radius 3 is 2.97 bits per heavy atom. The molecule has 2 atom stereocenters. The molecular weight excluding hydrogens is 376 g/mol. The number of nitrogen functional groups attached to an aromatic ring is 1. The van der Waals surface area contributed by atoms with Crippen LogP contribution in [0, 0.1) is 0 Å². The zero-order valence-corrected chi connectivity index (χ0v) is 16.6. The Morgan fingerprint density at radius 2 is 2.10 bits per heavy atom. The molecule has 7 heteroatoms. The molecule has 7 nitrogen and oxygen atoms in total. The summed E-state index contributed by atoms with van der Waals surface area (Å²) in [5.74, 6) is 0.646. The van der Waals surface area contributed by atoms with E-state index in [4.69, 9.17) is 10.7 Å². The van der Waals surface area contributed by atoms with Gasteiger partial charge in [-0.1, -0.05) is 12.1 Å². The summed E-state index contributed by atoms with van der Waals surface area (Å²) in [7, 11) is 0. The van der Waals surface area contributed by atoms with E-state index < -0.39 is 0 Å². The monoisotopic (exact) mass is 400 g/mol. The molecule has 0 radical (unpaired) electrons. The van der Waals surface area contributed by atoms with Crippen LogP contribution in [0.1, 0.15) is 30.9 Å². The molecule has 2 unspecified atom stereocenters. The van der Waals surface area contributed by atoms with Crippen LogP contribution < -0.4 is 11.1 Å². The molecule has 152 valence electrons. The number of hydrogen-bond donors (Lipinski definition) is 3. The molecule has 0 spiro atoms. The maximum absolute atomic E-state index is 10.1. The van der Waals surface area contributed by atoms with Crippen molar-refractivity contribution in [2.45, 2.75) is 38.0 Å². The number of aromatic nitrogens is 4. The SMILES string of the molecule is Nc1ccc(-c2cnn(C3CCCC3O)c2)nc1NCc1ccc2ncccc2c1. The number of benzene rings is 1. The summed E-state index contributed by atoms with van der Waals surface area (Å²) in [6, 6.07) is 14.0. The van der Waals surface area contributed by atoms with Crippen LogP contribution in [-0.2, 0) is 6.54 Å². The lowest BCUT2D eigenvalue weighted by Crippen LogP contribution is -2.18. The Morgan fingerprint density at radius 1 is 1.17 bits per heavy atom. The number of nitrogens with two attached hydrogens (primary N) is 1. The Hall–Kier alpha value is -3.45. The Balaban J connectivity index is 1.35. The highest BCUT2D eigenvalue weighted by Gasteiger charge is 2.27. The predicted molar refractivity (Wildman–Crippen MR) is 118 cm³/mol. The van der Waals surface area contributed by atoms with Crippen molar-refractivity contribution in [3.8, 4) is 11.3 Å². The summed E-state index contributed by atoms with van der Waals surface area (Å²) in [5.41, 5.74) is 10.6. The second kappa shape index (κ2) is 7.76. The van der Waals surface area contributed by atoms with Crippen LogP contribution in [0.5, 0.6) is 0 Å². The van der Waals surface area contributed by atoms with Crippen LogP contribution in [0.15, 0.2) is 61.1 Å². The molecule has 30 heavy (non-hydrogen) atoms. The van der Waals surface area contributed by atoms with Gasteiger partial charge in [-0.25, -0.2) is 4.98 Å². The predicted octanol–water partition coefficient (Wildman–Crippen LogP) is 3.77. The van der Waals surface area contributed by atoms with Gasteiger partial charge in [-0.3, -0.25) is 9.67 Å². The molecule has 4 N–H and O–H groups in total. The minimum Gasteiger partial charge on any atom is -0.396 e. The highest BCUT2D eigenvalue weighted by molar-refractivity contribution is 5.79. The van der Waals surface area contributed by atoms with Gasteiger partial charge in [-0.05, 0) is 55.2 Å². The van der Waals surface area contributed by atoms with Gasteiger partial charge in [0.15, 0.2) is 0 Å². The first kappa shape index (κ1) is 18.6. The second-order valence-electron chi connectivity index (χ2n) is 7.79. The van der Waals surface area contributed by atoms with Crippen molar-refractivity contribution in [1.29, 1.82) is 0 Å². The Labute approximate surface area is 174 Å². The van der Waals surface area contributed by atoms with E-state index in [1.165, 1.54) is 0 Å². The first-order valence-corrected chi connectivity index (χ1v) is 10.2. The molecule has 3 heterocycles. The fraction of sp³-hybridized carbons (Fsp3) is 0.261. The third kappa shape index (κ3) is 3.59. The fourth-order valence-corrected chi connectivity index (χ4v) is 4.07. The second-order valence-corrected chi connectivity index (χ2v) is 7.79. The lowest BCUT2D eigenvalue weighted by Gasteiger charge is -2.14. The molecule has 4 aromatic rings. The molecule has 1 aliphatic rings. The largest absolute Gasteiger partial charge is 0.396 e. The molecule has 1 aromatic carbocycles.